The SMILES string of the molecule is CCc1nnc(NC(=O)C[NH+]2CCN(c3cccc(OC)c3)CC2)s1. The van der Waals surface area contributed by atoms with Gasteiger partial charge in [-0.3, -0.25) is 10.1 Å². The van der Waals surface area contributed by atoms with E-state index in [0.29, 0.717) is 11.7 Å². The van der Waals surface area contributed by atoms with Crippen LogP contribution >= 0.6 is 11.3 Å². The van der Waals surface area contributed by atoms with E-state index in [1.54, 1.807) is 7.11 Å². The van der Waals surface area contributed by atoms with Crippen LogP contribution in [-0.4, -0.2) is 55.9 Å². The predicted octanol–water partition coefficient (Wildman–Crippen LogP) is 0.453. The Labute approximate surface area is 151 Å². The predicted molar refractivity (Wildman–Crippen MR) is 98.7 cm³/mol. The van der Waals surface area contributed by atoms with Crippen LogP contribution in [0.25, 0.3) is 0 Å². The van der Waals surface area contributed by atoms with Gasteiger partial charge < -0.3 is 14.5 Å². The smallest absolute Gasteiger partial charge is 0.281 e. The molecular weight excluding hydrogens is 338 g/mol. The number of nitrogens with zero attached hydrogens (tertiary/aromatic N) is 3. The Bertz CT molecular complexity index is 713. The van der Waals surface area contributed by atoms with Crippen LogP contribution in [0, 0.1) is 0 Å². The lowest BCUT2D eigenvalue weighted by molar-refractivity contribution is -0.892. The highest BCUT2D eigenvalue weighted by atomic mass is 32.1. The van der Waals surface area contributed by atoms with Crippen LogP contribution in [0.3, 0.4) is 0 Å². The largest absolute Gasteiger partial charge is 0.497 e. The summed E-state index contributed by atoms with van der Waals surface area (Å²) < 4.78 is 5.29. The minimum absolute atomic E-state index is 0.00336. The van der Waals surface area contributed by atoms with E-state index in [4.69, 9.17) is 4.74 Å². The van der Waals surface area contributed by atoms with Gasteiger partial charge in [-0.25, -0.2) is 0 Å². The minimum atomic E-state index is 0.00336. The number of aryl methyl sites for hydroxylation is 1. The normalized spacial score (nSPS) is 15.2. The Balaban J connectivity index is 1.47. The first-order valence-electron chi connectivity index (χ1n) is 8.52. The van der Waals surface area contributed by atoms with Crippen LogP contribution in [0.1, 0.15) is 11.9 Å². The van der Waals surface area contributed by atoms with Gasteiger partial charge in [-0.05, 0) is 18.6 Å². The maximum absolute atomic E-state index is 12.2. The number of carbonyl (C=O) groups is 1. The summed E-state index contributed by atoms with van der Waals surface area (Å²) in [6, 6.07) is 8.11. The molecule has 8 heteroatoms. The topological polar surface area (TPSA) is 71.8 Å². The second-order valence-corrected chi connectivity index (χ2v) is 7.08. The average molecular weight is 362 g/mol. The lowest BCUT2D eigenvalue weighted by atomic mass is 10.2. The number of quaternary nitrogens is 1. The molecule has 3 rings (SSSR count). The molecular formula is C17H24N5O2S+. The van der Waals surface area contributed by atoms with E-state index in [0.717, 1.165) is 43.4 Å². The first kappa shape index (κ1) is 17.6. The Kier molecular flexibility index (Phi) is 5.83. The number of methoxy groups -OCH3 is 1. The molecule has 0 spiro atoms. The number of piperazine rings is 1. The van der Waals surface area contributed by atoms with E-state index in [9.17, 15) is 4.79 Å². The maximum Gasteiger partial charge on any atom is 0.281 e. The van der Waals surface area contributed by atoms with Crippen molar-refractivity contribution in [2.24, 2.45) is 0 Å². The number of benzene rings is 1. The fourth-order valence-electron chi connectivity index (χ4n) is 2.90. The highest BCUT2D eigenvalue weighted by molar-refractivity contribution is 7.15. The summed E-state index contributed by atoms with van der Waals surface area (Å²) in [7, 11) is 1.68. The number of anilines is 2. The van der Waals surface area contributed by atoms with Gasteiger partial charge in [0.15, 0.2) is 6.54 Å². The molecule has 0 saturated carbocycles. The van der Waals surface area contributed by atoms with Gasteiger partial charge in [0.05, 0.1) is 33.3 Å². The molecule has 2 N–H and O–H groups in total. The van der Waals surface area contributed by atoms with Crippen LogP contribution in [0.2, 0.25) is 0 Å². The van der Waals surface area contributed by atoms with Crippen LogP contribution in [-0.2, 0) is 11.2 Å². The average Bonchev–Trinajstić information content (AvgIpc) is 3.10. The van der Waals surface area contributed by atoms with Gasteiger partial charge in [-0.2, -0.15) is 0 Å². The molecule has 0 aliphatic carbocycles. The van der Waals surface area contributed by atoms with Crippen molar-refractivity contribution in [3.05, 3.63) is 29.3 Å². The summed E-state index contributed by atoms with van der Waals surface area (Å²) in [5, 5.41) is 12.4. The van der Waals surface area contributed by atoms with Crippen molar-refractivity contribution in [1.29, 1.82) is 0 Å². The molecule has 134 valence electrons. The molecule has 1 amide bonds. The zero-order valence-electron chi connectivity index (χ0n) is 14.6. The number of hydrogen-bond donors (Lipinski definition) is 2. The molecule has 2 heterocycles. The number of aromatic nitrogens is 2. The molecule has 0 radical (unpaired) electrons. The van der Waals surface area contributed by atoms with E-state index < -0.39 is 0 Å². The number of hydrogen-bond acceptors (Lipinski definition) is 6. The maximum atomic E-state index is 12.2. The zero-order valence-corrected chi connectivity index (χ0v) is 15.4. The molecule has 25 heavy (non-hydrogen) atoms. The Morgan fingerprint density at radius 3 is 2.84 bits per heavy atom. The quantitative estimate of drug-likeness (QED) is 0.781. The van der Waals surface area contributed by atoms with Gasteiger partial charge in [0.25, 0.3) is 5.91 Å². The second-order valence-electron chi connectivity index (χ2n) is 6.02. The molecule has 0 unspecified atom stereocenters. The van der Waals surface area contributed by atoms with E-state index in [1.807, 2.05) is 19.1 Å². The highest BCUT2D eigenvalue weighted by Crippen LogP contribution is 2.20. The number of ether oxygens (including phenoxy) is 1. The van der Waals surface area contributed by atoms with Gasteiger partial charge in [0.2, 0.25) is 5.13 Å². The lowest BCUT2D eigenvalue weighted by Gasteiger charge is -2.33. The zero-order chi connectivity index (χ0) is 17.6. The van der Waals surface area contributed by atoms with E-state index >= 15 is 0 Å². The number of nitrogens with one attached hydrogen (secondary N) is 2. The summed E-state index contributed by atoms with van der Waals surface area (Å²) in [6.07, 6.45) is 0.838. The Hall–Kier alpha value is -2.19. The molecule has 0 bridgehead atoms. The van der Waals surface area contributed by atoms with Crippen LogP contribution < -0.4 is 19.9 Å². The van der Waals surface area contributed by atoms with Gasteiger partial charge >= 0.3 is 0 Å². The monoisotopic (exact) mass is 362 g/mol. The first-order chi connectivity index (χ1) is 12.2. The fraction of sp³-hybridized carbons (Fsp3) is 0.471. The van der Waals surface area contributed by atoms with Gasteiger partial charge in [0.1, 0.15) is 10.8 Å². The van der Waals surface area contributed by atoms with Crippen LogP contribution in [0.5, 0.6) is 5.75 Å². The third kappa shape index (κ3) is 4.67. The Morgan fingerprint density at radius 2 is 2.16 bits per heavy atom. The van der Waals surface area contributed by atoms with E-state index in [2.05, 4.69) is 32.5 Å². The van der Waals surface area contributed by atoms with Crippen molar-refractivity contribution in [3.63, 3.8) is 0 Å². The van der Waals surface area contributed by atoms with Crippen molar-refractivity contribution in [1.82, 2.24) is 10.2 Å². The summed E-state index contributed by atoms with van der Waals surface area (Å²) in [5.74, 6) is 0.874. The highest BCUT2D eigenvalue weighted by Gasteiger charge is 2.23. The molecule has 1 saturated heterocycles. The molecule has 1 aromatic heterocycles. The summed E-state index contributed by atoms with van der Waals surface area (Å²) in [4.78, 5) is 15.8. The summed E-state index contributed by atoms with van der Waals surface area (Å²) in [6.45, 7) is 6.20. The van der Waals surface area contributed by atoms with Crippen LogP contribution in [0.15, 0.2) is 24.3 Å². The molecule has 1 aliphatic heterocycles. The molecule has 1 aromatic carbocycles. The van der Waals surface area contributed by atoms with Crippen molar-refractivity contribution >= 4 is 28.1 Å². The Morgan fingerprint density at radius 1 is 1.36 bits per heavy atom. The first-order valence-corrected chi connectivity index (χ1v) is 9.34. The van der Waals surface area contributed by atoms with Crippen molar-refractivity contribution in [2.45, 2.75) is 13.3 Å². The van der Waals surface area contributed by atoms with Gasteiger partial charge in [-0.1, -0.05) is 24.3 Å². The molecule has 1 fully saturated rings. The van der Waals surface area contributed by atoms with Gasteiger partial charge in [0, 0.05) is 11.8 Å². The number of rotatable bonds is 6. The summed E-state index contributed by atoms with van der Waals surface area (Å²) in [5.41, 5.74) is 1.17. The standard InChI is InChI=1S/C17H23N5O2S/c1-3-16-19-20-17(25-16)18-15(23)12-21-7-9-22(10-8-21)13-5-4-6-14(11-13)24-2/h4-6,11H,3,7-10,12H2,1-2H3,(H,18,20,23)/p+1. The molecule has 2 aromatic rings. The second kappa shape index (κ2) is 8.26. The number of carbonyl (C=O) groups excluding carboxylic acids is 1. The minimum Gasteiger partial charge on any atom is -0.497 e. The van der Waals surface area contributed by atoms with E-state index in [1.165, 1.54) is 21.9 Å². The van der Waals surface area contributed by atoms with Crippen LogP contribution in [0.4, 0.5) is 10.8 Å². The third-order valence-corrected chi connectivity index (χ3v) is 5.30. The van der Waals surface area contributed by atoms with Gasteiger partial charge in [-0.15, -0.1) is 10.2 Å². The number of amides is 1. The van der Waals surface area contributed by atoms with Crippen molar-refractivity contribution in [2.75, 3.05) is 50.1 Å². The van der Waals surface area contributed by atoms with Crippen molar-refractivity contribution in [3.8, 4) is 5.75 Å². The molecule has 1 aliphatic rings. The van der Waals surface area contributed by atoms with E-state index in [-0.39, 0.29) is 5.91 Å². The fourth-order valence-corrected chi connectivity index (χ4v) is 3.60. The lowest BCUT2D eigenvalue weighted by Crippen LogP contribution is -3.15. The summed E-state index contributed by atoms with van der Waals surface area (Å²) >= 11 is 1.44. The molecule has 0 atom stereocenters. The van der Waals surface area contributed by atoms with Crippen molar-refractivity contribution < 1.29 is 14.4 Å². The third-order valence-electron chi connectivity index (χ3n) is 4.32. The molecule has 7 nitrogen and oxygen atoms in total.